The first-order chi connectivity index (χ1) is 4.16. The summed E-state index contributed by atoms with van der Waals surface area (Å²) in [5.74, 6) is 2.79. The number of carbonyl (C=O) groups excluding carboxylic acids is 2. The lowest BCUT2D eigenvalue weighted by molar-refractivity contribution is -0.126. The fourth-order valence-electron chi connectivity index (χ4n) is 0.127. The molecule has 0 heterocycles. The van der Waals surface area contributed by atoms with Crippen LogP contribution >= 0.6 is 25.5 Å². The van der Waals surface area contributed by atoms with Crippen molar-refractivity contribution in [2.75, 3.05) is 0 Å². The predicted molar refractivity (Wildman–Crippen MR) is 36.8 cm³/mol. The molecule has 0 bridgehead atoms. The Morgan fingerprint density at radius 3 is 2.22 bits per heavy atom. The molecule has 0 saturated carbocycles. The molecule has 0 aliphatic rings. The van der Waals surface area contributed by atoms with Gasteiger partial charge in [0.15, 0.2) is 0 Å². The van der Waals surface area contributed by atoms with E-state index >= 15 is 0 Å². The van der Waals surface area contributed by atoms with Gasteiger partial charge in [0.25, 0.3) is 5.12 Å². The molecule has 0 aromatic heterocycles. The standard InChI is InChI=1S/C4H2O3S2/c5-3(7-9)1-2-4(6)8/h9H,(H,6,8). The van der Waals surface area contributed by atoms with Crippen LogP contribution < -0.4 is 0 Å². The van der Waals surface area contributed by atoms with Crippen LogP contribution in [-0.2, 0) is 13.8 Å². The SMILES string of the molecule is O=C(S)C#CC(=O)OS. The molecule has 0 rings (SSSR count). The Balaban J connectivity index is 3.88. The maximum absolute atomic E-state index is 10.1. The minimum Gasteiger partial charge on any atom is -0.385 e. The predicted octanol–water partition coefficient (Wildman–Crippen LogP) is -0.166. The van der Waals surface area contributed by atoms with Crippen molar-refractivity contribution < 1.29 is 13.8 Å². The van der Waals surface area contributed by atoms with Gasteiger partial charge in [0.05, 0.1) is 0 Å². The zero-order chi connectivity index (χ0) is 7.28. The monoisotopic (exact) mass is 162 g/mol. The average Bonchev–Trinajstić information content (AvgIpc) is 1.83. The Kier molecular flexibility index (Phi) is 4.01. The summed E-state index contributed by atoms with van der Waals surface area (Å²) in [6.07, 6.45) is 0. The van der Waals surface area contributed by atoms with Crippen LogP contribution in [-0.4, -0.2) is 11.1 Å². The van der Waals surface area contributed by atoms with Gasteiger partial charge in [-0.05, 0) is 5.92 Å². The van der Waals surface area contributed by atoms with Crippen molar-refractivity contribution in [2.45, 2.75) is 0 Å². The lowest BCUT2D eigenvalue weighted by atomic mass is 10.6. The third-order valence-electron chi connectivity index (χ3n) is 0.354. The Labute approximate surface area is 62.8 Å². The molecule has 0 aromatic rings. The van der Waals surface area contributed by atoms with E-state index in [1.54, 1.807) is 0 Å². The van der Waals surface area contributed by atoms with Crippen LogP contribution in [0.15, 0.2) is 0 Å². The van der Waals surface area contributed by atoms with Gasteiger partial charge >= 0.3 is 5.97 Å². The second kappa shape index (κ2) is 4.30. The molecule has 0 radical (unpaired) electrons. The van der Waals surface area contributed by atoms with Gasteiger partial charge in [-0.2, -0.15) is 0 Å². The molecule has 9 heavy (non-hydrogen) atoms. The fraction of sp³-hybridized carbons (Fsp3) is 0. The Morgan fingerprint density at radius 1 is 1.33 bits per heavy atom. The van der Waals surface area contributed by atoms with E-state index in [9.17, 15) is 9.59 Å². The van der Waals surface area contributed by atoms with Crippen molar-refractivity contribution in [3.8, 4) is 11.8 Å². The molecule has 0 saturated heterocycles. The molecular formula is C4H2O3S2. The number of hydrogen-bond donors (Lipinski definition) is 2. The molecule has 0 fully saturated rings. The van der Waals surface area contributed by atoms with Crippen LogP contribution in [0.25, 0.3) is 0 Å². The molecular weight excluding hydrogens is 160 g/mol. The second-order valence-corrected chi connectivity index (χ2v) is 1.52. The summed E-state index contributed by atoms with van der Waals surface area (Å²) < 4.78 is 3.80. The zero-order valence-corrected chi connectivity index (χ0v) is 5.91. The Hall–Kier alpha value is -0.600. The second-order valence-electron chi connectivity index (χ2n) is 0.934. The molecule has 5 heteroatoms. The third-order valence-corrected chi connectivity index (χ3v) is 0.632. The van der Waals surface area contributed by atoms with E-state index in [0.29, 0.717) is 0 Å². The first kappa shape index (κ1) is 8.40. The highest BCUT2D eigenvalue weighted by Crippen LogP contribution is 1.79. The van der Waals surface area contributed by atoms with Crippen LogP contribution in [0, 0.1) is 11.8 Å². The zero-order valence-electron chi connectivity index (χ0n) is 4.12. The maximum atomic E-state index is 10.1. The summed E-state index contributed by atoms with van der Waals surface area (Å²) >= 11 is 6.40. The van der Waals surface area contributed by atoms with Gasteiger partial charge in [-0.15, -0.1) is 0 Å². The van der Waals surface area contributed by atoms with Crippen molar-refractivity contribution in [1.29, 1.82) is 0 Å². The first-order valence-electron chi connectivity index (χ1n) is 1.77. The quantitative estimate of drug-likeness (QED) is 0.295. The summed E-state index contributed by atoms with van der Waals surface area (Å²) in [6, 6.07) is 0. The highest BCUT2D eigenvalue weighted by molar-refractivity contribution is 7.97. The Morgan fingerprint density at radius 2 is 1.89 bits per heavy atom. The summed E-state index contributed by atoms with van der Waals surface area (Å²) in [4.78, 5) is 20.0. The van der Waals surface area contributed by atoms with Crippen molar-refractivity contribution in [1.82, 2.24) is 0 Å². The summed E-state index contributed by atoms with van der Waals surface area (Å²) in [5, 5.41) is -0.686. The summed E-state index contributed by atoms with van der Waals surface area (Å²) in [7, 11) is 0. The van der Waals surface area contributed by atoms with Crippen molar-refractivity contribution in [3.05, 3.63) is 0 Å². The number of hydrogen-bond acceptors (Lipinski definition) is 4. The fourth-order valence-corrected chi connectivity index (χ4v) is 0.229. The highest BCUT2D eigenvalue weighted by atomic mass is 32.1. The van der Waals surface area contributed by atoms with Crippen LogP contribution in [0.5, 0.6) is 0 Å². The molecule has 0 aliphatic carbocycles. The number of carbonyl (C=O) groups is 2. The van der Waals surface area contributed by atoms with E-state index in [1.807, 2.05) is 11.8 Å². The lowest BCUT2D eigenvalue weighted by Gasteiger charge is -1.79. The smallest absolute Gasteiger partial charge is 0.385 e. The van der Waals surface area contributed by atoms with Gasteiger partial charge in [-0.25, -0.2) is 4.79 Å². The van der Waals surface area contributed by atoms with Gasteiger partial charge in [0.1, 0.15) is 0 Å². The molecule has 0 aliphatic heterocycles. The van der Waals surface area contributed by atoms with Gasteiger partial charge < -0.3 is 4.18 Å². The van der Waals surface area contributed by atoms with Crippen LogP contribution in [0.2, 0.25) is 0 Å². The molecule has 3 nitrogen and oxygen atoms in total. The van der Waals surface area contributed by atoms with Gasteiger partial charge in [0.2, 0.25) is 0 Å². The lowest BCUT2D eigenvalue weighted by Crippen LogP contribution is -1.91. The molecule has 0 unspecified atom stereocenters. The van der Waals surface area contributed by atoms with E-state index < -0.39 is 11.1 Å². The number of rotatable bonds is 0. The third kappa shape index (κ3) is 5.27. The molecule has 0 amide bonds. The largest absolute Gasteiger partial charge is 0.396 e. The van der Waals surface area contributed by atoms with Crippen molar-refractivity contribution in [2.24, 2.45) is 0 Å². The maximum Gasteiger partial charge on any atom is 0.396 e. The van der Waals surface area contributed by atoms with E-state index in [2.05, 4.69) is 29.7 Å². The van der Waals surface area contributed by atoms with Crippen molar-refractivity contribution >= 4 is 36.6 Å². The van der Waals surface area contributed by atoms with Gasteiger partial charge in [0, 0.05) is 18.8 Å². The first-order valence-corrected chi connectivity index (χ1v) is 2.58. The van der Waals surface area contributed by atoms with E-state index in [0.717, 1.165) is 0 Å². The normalized spacial score (nSPS) is 6.89. The van der Waals surface area contributed by atoms with Crippen LogP contribution in [0.4, 0.5) is 0 Å². The van der Waals surface area contributed by atoms with Crippen LogP contribution in [0.1, 0.15) is 0 Å². The minimum atomic E-state index is -0.874. The number of thiol groups is 2. The molecule has 0 spiro atoms. The molecule has 48 valence electrons. The van der Waals surface area contributed by atoms with E-state index in [1.165, 1.54) is 0 Å². The molecule has 0 N–H and O–H groups in total. The minimum absolute atomic E-state index is 0.686. The average molecular weight is 162 g/mol. The summed E-state index contributed by atoms with van der Waals surface area (Å²) in [6.45, 7) is 0. The topological polar surface area (TPSA) is 43.4 Å². The van der Waals surface area contributed by atoms with E-state index in [4.69, 9.17) is 0 Å². The molecule has 0 aromatic carbocycles. The van der Waals surface area contributed by atoms with Gasteiger partial charge in [-0.1, -0.05) is 12.6 Å². The van der Waals surface area contributed by atoms with Crippen LogP contribution in [0.3, 0.4) is 0 Å². The summed E-state index contributed by atoms with van der Waals surface area (Å²) in [5.41, 5.74) is 0. The molecule has 0 atom stereocenters. The highest BCUT2D eigenvalue weighted by Gasteiger charge is 1.90. The van der Waals surface area contributed by atoms with Gasteiger partial charge in [-0.3, -0.25) is 4.79 Å². The Bertz CT molecular complexity index is 188. The van der Waals surface area contributed by atoms with E-state index in [-0.39, 0.29) is 0 Å². The van der Waals surface area contributed by atoms with Crippen molar-refractivity contribution in [3.63, 3.8) is 0 Å².